The van der Waals surface area contributed by atoms with Crippen molar-refractivity contribution in [2.75, 3.05) is 36.4 Å². The molecule has 5 rings (SSSR count). The Morgan fingerprint density at radius 3 is 2.65 bits per heavy atom. The van der Waals surface area contributed by atoms with Crippen molar-refractivity contribution in [2.24, 2.45) is 0 Å². The molecule has 0 unspecified atom stereocenters. The van der Waals surface area contributed by atoms with Crippen LogP contribution in [0.3, 0.4) is 0 Å². The number of nitrogens with one attached hydrogen (secondary N) is 1. The molecule has 31 heavy (non-hydrogen) atoms. The molecule has 0 radical (unpaired) electrons. The van der Waals surface area contributed by atoms with Crippen molar-refractivity contribution >= 4 is 28.8 Å². The first kappa shape index (κ1) is 19.7. The molecule has 2 fully saturated rings. The van der Waals surface area contributed by atoms with Crippen molar-refractivity contribution in [1.82, 2.24) is 19.5 Å². The number of carbonyl (C=O) groups excluding carboxylic acids is 2. The molecule has 0 spiro atoms. The summed E-state index contributed by atoms with van der Waals surface area (Å²) in [6, 6.07) is 13.5. The summed E-state index contributed by atoms with van der Waals surface area (Å²) in [6.45, 7) is 2.73. The topological polar surface area (TPSA) is 82.8 Å². The van der Waals surface area contributed by atoms with Gasteiger partial charge in [-0.3, -0.25) is 18.9 Å². The summed E-state index contributed by atoms with van der Waals surface area (Å²) < 4.78 is 2.06. The Kier molecular flexibility index (Phi) is 5.38. The zero-order valence-electron chi connectivity index (χ0n) is 17.4. The van der Waals surface area contributed by atoms with Crippen LogP contribution in [-0.2, 0) is 9.59 Å². The number of hydrogen-bond donors (Lipinski definition) is 1. The lowest BCUT2D eigenvalue weighted by Crippen LogP contribution is -2.39. The van der Waals surface area contributed by atoms with Crippen LogP contribution in [0.25, 0.3) is 5.65 Å². The third kappa shape index (κ3) is 4.03. The molecule has 3 aromatic rings. The number of para-hydroxylation sites is 2. The van der Waals surface area contributed by atoms with Crippen LogP contribution in [0.1, 0.15) is 37.4 Å². The number of piperidine rings is 1. The number of fused-ring (bicyclic) bond motifs is 1. The molecule has 8 heteroatoms. The van der Waals surface area contributed by atoms with Crippen LogP contribution in [0.2, 0.25) is 0 Å². The van der Waals surface area contributed by atoms with Crippen molar-refractivity contribution in [1.29, 1.82) is 0 Å². The van der Waals surface area contributed by atoms with E-state index in [0.29, 0.717) is 31.1 Å². The van der Waals surface area contributed by atoms with Gasteiger partial charge in [0.15, 0.2) is 5.65 Å². The molecule has 4 heterocycles. The fourth-order valence-electron chi connectivity index (χ4n) is 4.60. The number of aromatic nitrogens is 3. The zero-order valence-corrected chi connectivity index (χ0v) is 17.4. The molecular weight excluding hydrogens is 392 g/mol. The molecule has 0 saturated carbocycles. The maximum Gasteiger partial charge on any atom is 0.238 e. The van der Waals surface area contributed by atoms with Gasteiger partial charge in [0.05, 0.1) is 17.9 Å². The molecule has 0 bridgehead atoms. The number of hydrogen-bond acceptors (Lipinski definition) is 5. The maximum absolute atomic E-state index is 12.7. The third-order valence-electron chi connectivity index (χ3n) is 6.20. The van der Waals surface area contributed by atoms with E-state index in [1.807, 2.05) is 48.7 Å². The van der Waals surface area contributed by atoms with Crippen LogP contribution in [-0.4, -0.2) is 57.5 Å². The second kappa shape index (κ2) is 8.47. The van der Waals surface area contributed by atoms with Gasteiger partial charge >= 0.3 is 0 Å². The minimum Gasteiger partial charge on any atom is -0.323 e. The van der Waals surface area contributed by atoms with Crippen molar-refractivity contribution in [3.05, 3.63) is 54.5 Å². The second-order valence-corrected chi connectivity index (χ2v) is 8.25. The lowest BCUT2D eigenvalue weighted by molar-refractivity contribution is -0.118. The van der Waals surface area contributed by atoms with Gasteiger partial charge in [0.2, 0.25) is 11.8 Å². The molecular formula is C23H26N6O2. The molecule has 160 valence electrons. The Labute approximate surface area is 180 Å². The van der Waals surface area contributed by atoms with E-state index in [2.05, 4.69) is 24.8 Å². The van der Waals surface area contributed by atoms with Crippen molar-refractivity contribution in [3.8, 4) is 0 Å². The Morgan fingerprint density at radius 2 is 1.84 bits per heavy atom. The summed E-state index contributed by atoms with van der Waals surface area (Å²) in [5.41, 5.74) is 2.36. The van der Waals surface area contributed by atoms with Crippen LogP contribution in [0.15, 0.2) is 48.7 Å². The first-order chi connectivity index (χ1) is 15.2. The van der Waals surface area contributed by atoms with E-state index in [1.165, 1.54) is 0 Å². The predicted molar refractivity (Wildman–Crippen MR) is 118 cm³/mol. The number of nitrogens with zero attached hydrogens (tertiary/aromatic N) is 5. The van der Waals surface area contributed by atoms with Gasteiger partial charge in [0.1, 0.15) is 5.82 Å². The number of anilines is 2. The van der Waals surface area contributed by atoms with Crippen LogP contribution in [0, 0.1) is 0 Å². The number of benzene rings is 1. The Balaban J connectivity index is 1.19. The van der Waals surface area contributed by atoms with Crippen LogP contribution >= 0.6 is 0 Å². The fourth-order valence-corrected chi connectivity index (χ4v) is 4.60. The summed E-state index contributed by atoms with van der Waals surface area (Å²) in [6.07, 6.45) is 5.33. The summed E-state index contributed by atoms with van der Waals surface area (Å²) in [5, 5.41) is 11.7. The zero-order chi connectivity index (χ0) is 21.2. The molecule has 2 amide bonds. The fraction of sp³-hybridized carbons (Fsp3) is 0.391. The molecule has 1 N–H and O–H groups in total. The number of amides is 2. The van der Waals surface area contributed by atoms with Crippen molar-refractivity contribution < 1.29 is 9.59 Å². The largest absolute Gasteiger partial charge is 0.323 e. The summed E-state index contributed by atoms with van der Waals surface area (Å²) in [7, 11) is 0. The lowest BCUT2D eigenvalue weighted by atomic mass is 9.96. The number of carbonyl (C=O) groups is 2. The molecule has 1 aromatic carbocycles. The van der Waals surface area contributed by atoms with E-state index in [4.69, 9.17) is 0 Å². The van der Waals surface area contributed by atoms with Gasteiger partial charge in [0, 0.05) is 25.1 Å². The quantitative estimate of drug-likeness (QED) is 0.689. The van der Waals surface area contributed by atoms with E-state index in [0.717, 1.165) is 49.5 Å². The lowest BCUT2D eigenvalue weighted by Gasteiger charge is -2.30. The number of likely N-dealkylation sites (tertiary alicyclic amines) is 1. The van der Waals surface area contributed by atoms with Gasteiger partial charge in [-0.1, -0.05) is 18.2 Å². The van der Waals surface area contributed by atoms with Crippen LogP contribution in [0.4, 0.5) is 11.4 Å². The third-order valence-corrected chi connectivity index (χ3v) is 6.20. The van der Waals surface area contributed by atoms with Gasteiger partial charge in [0.25, 0.3) is 0 Å². The highest BCUT2D eigenvalue weighted by molar-refractivity contribution is 6.02. The highest BCUT2D eigenvalue weighted by Crippen LogP contribution is 2.30. The van der Waals surface area contributed by atoms with Crippen molar-refractivity contribution in [2.45, 2.75) is 31.6 Å². The molecule has 8 nitrogen and oxygen atoms in total. The first-order valence-electron chi connectivity index (χ1n) is 10.9. The minimum absolute atomic E-state index is 0.0505. The van der Waals surface area contributed by atoms with Gasteiger partial charge in [-0.2, -0.15) is 0 Å². The highest BCUT2D eigenvalue weighted by Gasteiger charge is 2.27. The van der Waals surface area contributed by atoms with E-state index < -0.39 is 0 Å². The highest BCUT2D eigenvalue weighted by atomic mass is 16.2. The number of pyridine rings is 1. The first-order valence-corrected chi connectivity index (χ1v) is 10.9. The normalized spacial score (nSPS) is 18.1. The molecule has 2 aliphatic heterocycles. The Morgan fingerprint density at radius 1 is 1.03 bits per heavy atom. The Hall–Kier alpha value is -3.26. The standard InChI is InChI=1S/C23H26N6O2/c30-21(24-18-6-1-2-7-19(18)28-13-5-9-22(28)31)16-27-14-10-17(11-15-27)23-26-25-20-8-3-4-12-29(20)23/h1-4,6-8,12,17H,5,9-11,13-16H2,(H,24,30). The smallest absolute Gasteiger partial charge is 0.238 e. The summed E-state index contributed by atoms with van der Waals surface area (Å²) in [4.78, 5) is 28.8. The molecule has 2 saturated heterocycles. The molecule has 2 aliphatic rings. The summed E-state index contributed by atoms with van der Waals surface area (Å²) >= 11 is 0. The van der Waals surface area contributed by atoms with Gasteiger partial charge < -0.3 is 10.2 Å². The van der Waals surface area contributed by atoms with E-state index in [1.54, 1.807) is 4.90 Å². The van der Waals surface area contributed by atoms with E-state index >= 15 is 0 Å². The molecule has 0 aliphatic carbocycles. The van der Waals surface area contributed by atoms with E-state index in [-0.39, 0.29) is 11.8 Å². The number of rotatable bonds is 5. The average Bonchev–Trinajstić information content (AvgIpc) is 3.41. The summed E-state index contributed by atoms with van der Waals surface area (Å²) in [5.74, 6) is 1.41. The molecule has 0 atom stereocenters. The van der Waals surface area contributed by atoms with Crippen LogP contribution < -0.4 is 10.2 Å². The average molecular weight is 419 g/mol. The monoisotopic (exact) mass is 418 g/mol. The van der Waals surface area contributed by atoms with E-state index in [9.17, 15) is 9.59 Å². The maximum atomic E-state index is 12.7. The Bertz CT molecular complexity index is 1100. The van der Waals surface area contributed by atoms with Gasteiger partial charge in [-0.05, 0) is 56.6 Å². The minimum atomic E-state index is -0.0505. The predicted octanol–water partition coefficient (Wildman–Crippen LogP) is 2.67. The van der Waals surface area contributed by atoms with Gasteiger partial charge in [-0.25, -0.2) is 0 Å². The molecule has 2 aromatic heterocycles. The van der Waals surface area contributed by atoms with Crippen molar-refractivity contribution in [3.63, 3.8) is 0 Å². The SMILES string of the molecule is O=C(CN1CCC(c2nnc3ccccn23)CC1)Nc1ccccc1N1CCCC1=O. The van der Waals surface area contributed by atoms with Gasteiger partial charge in [-0.15, -0.1) is 10.2 Å². The second-order valence-electron chi connectivity index (χ2n) is 8.25. The van der Waals surface area contributed by atoms with Crippen LogP contribution in [0.5, 0.6) is 0 Å².